The smallest absolute Gasteiger partial charge is 0.208 e. The molecule has 0 spiro atoms. The van der Waals surface area contributed by atoms with E-state index in [1.165, 1.54) is 12.1 Å². The number of rotatable bonds is 5. The zero-order valence-electron chi connectivity index (χ0n) is 9.95. The van der Waals surface area contributed by atoms with Crippen molar-refractivity contribution in [3.63, 3.8) is 0 Å². The van der Waals surface area contributed by atoms with E-state index in [0.29, 0.717) is 10.9 Å². The summed E-state index contributed by atoms with van der Waals surface area (Å²) in [6.45, 7) is 3.66. The normalized spacial score (nSPS) is 15.4. The lowest BCUT2D eigenvalue weighted by Crippen LogP contribution is -2.34. The fraction of sp³-hybridized carbons (Fsp3) is 0.455. The molecule has 1 N–H and O–H groups in total. The van der Waals surface area contributed by atoms with E-state index in [1.54, 1.807) is 6.92 Å². The molecule has 0 aromatic heterocycles. The topological polar surface area (TPSA) is 46.2 Å². The van der Waals surface area contributed by atoms with E-state index >= 15 is 0 Å². The van der Waals surface area contributed by atoms with Crippen LogP contribution in [0.25, 0.3) is 0 Å². The van der Waals surface area contributed by atoms with Crippen LogP contribution in [-0.2, 0) is 10.0 Å². The Morgan fingerprint density at radius 1 is 1.39 bits per heavy atom. The molecule has 1 rings (SSSR count). The van der Waals surface area contributed by atoms with Crippen molar-refractivity contribution >= 4 is 41.9 Å². The third-order valence-corrected chi connectivity index (χ3v) is 4.71. The Labute approximate surface area is 123 Å². The van der Waals surface area contributed by atoms with Gasteiger partial charge in [-0.1, -0.05) is 38.8 Å². The van der Waals surface area contributed by atoms with Crippen LogP contribution in [0.4, 0.5) is 4.39 Å². The van der Waals surface area contributed by atoms with Gasteiger partial charge in [-0.05, 0) is 31.5 Å². The summed E-state index contributed by atoms with van der Waals surface area (Å²) in [5.41, 5.74) is 0. The molecule has 3 nitrogen and oxygen atoms in total. The minimum absolute atomic E-state index is 0.185. The molecule has 0 aliphatic carbocycles. The van der Waals surface area contributed by atoms with Crippen LogP contribution in [0.5, 0.6) is 0 Å². The summed E-state index contributed by atoms with van der Waals surface area (Å²) in [4.78, 5) is -0.148. The summed E-state index contributed by atoms with van der Waals surface area (Å²) in [6.07, 6.45) is 0.622. The van der Waals surface area contributed by atoms with E-state index in [9.17, 15) is 12.8 Å². The third-order valence-electron chi connectivity index (χ3n) is 2.22. The fourth-order valence-electron chi connectivity index (χ4n) is 1.56. The molecule has 0 fully saturated rings. The van der Waals surface area contributed by atoms with Crippen LogP contribution >= 0.6 is 31.9 Å². The predicted octanol–water partition coefficient (Wildman–Crippen LogP) is 3.43. The second-order valence-corrected chi connectivity index (χ2v) is 8.27. The van der Waals surface area contributed by atoms with E-state index < -0.39 is 15.8 Å². The number of hydrogen-bond acceptors (Lipinski definition) is 2. The van der Waals surface area contributed by atoms with E-state index in [4.69, 9.17) is 0 Å². The van der Waals surface area contributed by atoms with Gasteiger partial charge in [-0.3, -0.25) is 0 Å². The molecule has 102 valence electrons. The van der Waals surface area contributed by atoms with Crippen LogP contribution in [0.1, 0.15) is 20.3 Å². The van der Waals surface area contributed by atoms with E-state index in [2.05, 4.69) is 36.6 Å². The maximum Gasteiger partial charge on any atom is 0.243 e. The van der Waals surface area contributed by atoms with Gasteiger partial charge in [0, 0.05) is 15.3 Å². The molecule has 0 aliphatic heterocycles. The van der Waals surface area contributed by atoms with Gasteiger partial charge in [-0.25, -0.2) is 17.5 Å². The van der Waals surface area contributed by atoms with Gasteiger partial charge in [0.2, 0.25) is 10.0 Å². The van der Waals surface area contributed by atoms with Crippen LogP contribution < -0.4 is 4.72 Å². The van der Waals surface area contributed by atoms with Crippen LogP contribution in [-0.4, -0.2) is 19.3 Å². The molecule has 0 aliphatic rings. The minimum Gasteiger partial charge on any atom is -0.208 e. The molecule has 0 amide bonds. The average Bonchev–Trinajstić information content (AvgIpc) is 2.13. The summed E-state index contributed by atoms with van der Waals surface area (Å²) in [5, 5.41) is 0. The number of hydrogen-bond donors (Lipinski definition) is 1. The average molecular weight is 403 g/mol. The van der Waals surface area contributed by atoms with Gasteiger partial charge in [0.25, 0.3) is 0 Å². The second-order valence-electron chi connectivity index (χ2n) is 4.11. The van der Waals surface area contributed by atoms with Gasteiger partial charge in [-0.2, -0.15) is 0 Å². The van der Waals surface area contributed by atoms with Crippen molar-refractivity contribution in [3.05, 3.63) is 28.5 Å². The molecular weight excluding hydrogens is 389 g/mol. The zero-order valence-corrected chi connectivity index (χ0v) is 13.9. The molecule has 0 heterocycles. The van der Waals surface area contributed by atoms with E-state index in [-0.39, 0.29) is 15.8 Å². The Hall–Kier alpha value is 0.0200. The minimum atomic E-state index is -3.82. The predicted molar refractivity (Wildman–Crippen MR) is 76.9 cm³/mol. The summed E-state index contributed by atoms with van der Waals surface area (Å²) in [6, 6.07) is 3.60. The first-order chi connectivity index (χ1) is 8.22. The van der Waals surface area contributed by atoms with Crippen LogP contribution in [0, 0.1) is 5.82 Å². The fourth-order valence-corrected chi connectivity index (χ4v) is 3.77. The van der Waals surface area contributed by atoms with Crippen molar-refractivity contribution in [1.29, 1.82) is 0 Å². The van der Waals surface area contributed by atoms with E-state index in [1.807, 2.05) is 6.92 Å². The van der Waals surface area contributed by atoms with Gasteiger partial charge in [0.15, 0.2) is 0 Å². The van der Waals surface area contributed by atoms with Crippen molar-refractivity contribution in [2.45, 2.75) is 36.0 Å². The Balaban J connectivity index is 2.93. The van der Waals surface area contributed by atoms with E-state index in [0.717, 1.165) is 6.07 Å². The molecule has 0 bridgehead atoms. The highest BCUT2D eigenvalue weighted by Crippen LogP contribution is 2.20. The molecule has 1 aromatic rings. The molecular formula is C11H14Br2FNO2S. The quantitative estimate of drug-likeness (QED) is 0.767. The van der Waals surface area contributed by atoms with Gasteiger partial charge < -0.3 is 0 Å². The maximum absolute atomic E-state index is 13.6. The molecule has 0 radical (unpaired) electrons. The Morgan fingerprint density at radius 3 is 2.50 bits per heavy atom. The Morgan fingerprint density at radius 2 is 2.00 bits per heavy atom. The first-order valence-electron chi connectivity index (χ1n) is 5.34. The Bertz CT molecular complexity index is 520. The zero-order chi connectivity index (χ0) is 13.9. The number of benzene rings is 1. The van der Waals surface area contributed by atoms with Crippen LogP contribution in [0.15, 0.2) is 27.6 Å². The lowest BCUT2D eigenvalue weighted by molar-refractivity contribution is 0.534. The number of sulfonamides is 1. The lowest BCUT2D eigenvalue weighted by atomic mass is 10.2. The molecule has 0 saturated carbocycles. The summed E-state index contributed by atoms with van der Waals surface area (Å²) in [5.74, 6) is -0.768. The largest absolute Gasteiger partial charge is 0.243 e. The second kappa shape index (κ2) is 6.45. The molecule has 2 unspecified atom stereocenters. The SMILES string of the molecule is CC(Br)CC(C)NS(=O)(=O)c1ccc(Br)cc1F. The summed E-state index contributed by atoms with van der Waals surface area (Å²) >= 11 is 6.43. The highest BCUT2D eigenvalue weighted by molar-refractivity contribution is 9.10. The van der Waals surface area contributed by atoms with Gasteiger partial charge in [-0.15, -0.1) is 0 Å². The summed E-state index contributed by atoms with van der Waals surface area (Å²) in [7, 11) is -3.82. The summed E-state index contributed by atoms with van der Waals surface area (Å²) < 4.78 is 40.5. The van der Waals surface area contributed by atoms with Crippen LogP contribution in [0.2, 0.25) is 0 Å². The molecule has 2 atom stereocenters. The highest BCUT2D eigenvalue weighted by atomic mass is 79.9. The first-order valence-corrected chi connectivity index (χ1v) is 8.53. The molecule has 7 heteroatoms. The van der Waals surface area contributed by atoms with Gasteiger partial charge >= 0.3 is 0 Å². The molecule has 18 heavy (non-hydrogen) atoms. The van der Waals surface area contributed by atoms with Crippen molar-refractivity contribution < 1.29 is 12.8 Å². The third kappa shape index (κ3) is 4.60. The molecule has 1 aromatic carbocycles. The van der Waals surface area contributed by atoms with Crippen LogP contribution in [0.3, 0.4) is 0 Å². The molecule has 0 saturated heterocycles. The van der Waals surface area contributed by atoms with Gasteiger partial charge in [0.05, 0.1) is 0 Å². The highest BCUT2D eigenvalue weighted by Gasteiger charge is 2.21. The van der Waals surface area contributed by atoms with Crippen molar-refractivity contribution in [2.75, 3.05) is 0 Å². The van der Waals surface area contributed by atoms with Gasteiger partial charge in [0.1, 0.15) is 10.7 Å². The van der Waals surface area contributed by atoms with Crippen molar-refractivity contribution in [1.82, 2.24) is 4.72 Å². The number of nitrogens with one attached hydrogen (secondary N) is 1. The van der Waals surface area contributed by atoms with Crippen molar-refractivity contribution in [2.24, 2.45) is 0 Å². The maximum atomic E-state index is 13.6. The standard InChI is InChI=1S/C11H14Br2FNO2S/c1-7(12)5-8(2)15-18(16,17)11-4-3-9(13)6-10(11)14/h3-4,6-8,15H,5H2,1-2H3. The van der Waals surface area contributed by atoms with Crippen molar-refractivity contribution in [3.8, 4) is 0 Å². The number of alkyl halides is 1. The first kappa shape index (κ1) is 16.1. The monoisotopic (exact) mass is 401 g/mol. The Kier molecular flexibility index (Phi) is 5.76. The number of halogens is 3. The lowest BCUT2D eigenvalue weighted by Gasteiger charge is -2.15.